The van der Waals surface area contributed by atoms with Crippen LogP contribution in [0, 0.1) is 23.1 Å². The third-order valence-corrected chi connectivity index (χ3v) is 4.26. The van der Waals surface area contributed by atoms with Crippen LogP contribution in [-0.2, 0) is 6.54 Å². The van der Waals surface area contributed by atoms with Crippen LogP contribution in [0.15, 0.2) is 18.2 Å². The second-order valence-corrected chi connectivity index (χ2v) is 5.57. The van der Waals surface area contributed by atoms with Crippen LogP contribution in [0.5, 0.6) is 0 Å². The first-order valence-corrected chi connectivity index (χ1v) is 6.90. The van der Waals surface area contributed by atoms with E-state index < -0.39 is 0 Å². The number of hydrogen-bond donors (Lipinski definition) is 1. The second kappa shape index (κ2) is 5.28. The molecule has 2 fully saturated rings. The average molecular weight is 259 g/mol. The molecular weight excluding hydrogens is 241 g/mol. The van der Waals surface area contributed by atoms with E-state index >= 15 is 0 Å². The van der Waals surface area contributed by atoms with E-state index in [9.17, 15) is 4.39 Å². The number of benzene rings is 1. The monoisotopic (exact) mass is 259 g/mol. The lowest BCUT2D eigenvalue weighted by molar-refractivity contribution is 0.312. The molecule has 2 aliphatic heterocycles. The SMILES string of the molecule is N#Cc1cc(F)ccc1CN1C[C@@H]2CCCN[C@@H]2C1. The van der Waals surface area contributed by atoms with Crippen molar-refractivity contribution in [3.63, 3.8) is 0 Å². The number of nitrogens with one attached hydrogen (secondary N) is 1. The number of nitriles is 1. The van der Waals surface area contributed by atoms with Crippen molar-refractivity contribution in [3.8, 4) is 6.07 Å². The molecule has 0 unspecified atom stereocenters. The Morgan fingerprint density at radius 2 is 2.32 bits per heavy atom. The maximum atomic E-state index is 13.1. The predicted octanol–water partition coefficient (Wildman–Crippen LogP) is 1.88. The molecule has 2 heterocycles. The summed E-state index contributed by atoms with van der Waals surface area (Å²) in [7, 11) is 0. The van der Waals surface area contributed by atoms with E-state index in [4.69, 9.17) is 5.26 Å². The smallest absolute Gasteiger partial charge is 0.124 e. The zero-order chi connectivity index (χ0) is 13.2. The highest BCUT2D eigenvalue weighted by atomic mass is 19.1. The van der Waals surface area contributed by atoms with Crippen molar-refractivity contribution in [3.05, 3.63) is 35.1 Å². The topological polar surface area (TPSA) is 39.1 Å². The minimum Gasteiger partial charge on any atom is -0.312 e. The summed E-state index contributed by atoms with van der Waals surface area (Å²) >= 11 is 0. The van der Waals surface area contributed by atoms with Crippen molar-refractivity contribution in [2.45, 2.75) is 25.4 Å². The molecule has 2 atom stereocenters. The molecule has 0 radical (unpaired) electrons. The van der Waals surface area contributed by atoms with Crippen LogP contribution in [0.25, 0.3) is 0 Å². The molecule has 3 nitrogen and oxygen atoms in total. The molecule has 0 aromatic heterocycles. The molecule has 0 saturated carbocycles. The van der Waals surface area contributed by atoms with Crippen molar-refractivity contribution < 1.29 is 4.39 Å². The van der Waals surface area contributed by atoms with Crippen LogP contribution >= 0.6 is 0 Å². The first-order chi connectivity index (χ1) is 9.26. The standard InChI is InChI=1S/C15H18FN3/c16-14-4-3-11(13(6-14)7-17)8-19-9-12-2-1-5-18-15(12)10-19/h3-4,6,12,15,18H,1-2,5,8-10H2/t12-,15+/m0/s1. The predicted molar refractivity (Wildman–Crippen MR) is 70.9 cm³/mol. The number of hydrogen-bond acceptors (Lipinski definition) is 3. The number of likely N-dealkylation sites (tertiary alicyclic amines) is 1. The zero-order valence-electron chi connectivity index (χ0n) is 10.9. The number of halogens is 1. The van der Waals surface area contributed by atoms with Crippen molar-refractivity contribution in [1.82, 2.24) is 10.2 Å². The van der Waals surface area contributed by atoms with Crippen molar-refractivity contribution in [2.75, 3.05) is 19.6 Å². The molecule has 0 amide bonds. The Kier molecular flexibility index (Phi) is 3.50. The molecule has 0 aliphatic carbocycles. The fraction of sp³-hybridized carbons (Fsp3) is 0.533. The lowest BCUT2D eigenvalue weighted by Crippen LogP contribution is -2.40. The minimum atomic E-state index is -0.336. The van der Waals surface area contributed by atoms with E-state index in [1.165, 1.54) is 25.0 Å². The van der Waals surface area contributed by atoms with Gasteiger partial charge in [-0.1, -0.05) is 6.07 Å². The fourth-order valence-electron chi connectivity index (χ4n) is 3.30. The van der Waals surface area contributed by atoms with E-state index in [-0.39, 0.29) is 5.82 Å². The molecule has 0 spiro atoms. The third-order valence-electron chi connectivity index (χ3n) is 4.26. The van der Waals surface area contributed by atoms with Gasteiger partial charge in [0, 0.05) is 25.7 Å². The molecule has 2 saturated heterocycles. The normalized spacial score (nSPS) is 26.9. The molecule has 19 heavy (non-hydrogen) atoms. The van der Waals surface area contributed by atoms with Gasteiger partial charge in [-0.3, -0.25) is 4.90 Å². The summed E-state index contributed by atoms with van der Waals surface area (Å²) in [6.45, 7) is 3.99. The summed E-state index contributed by atoms with van der Waals surface area (Å²) < 4.78 is 13.1. The molecule has 4 heteroatoms. The fourth-order valence-corrected chi connectivity index (χ4v) is 3.30. The van der Waals surface area contributed by atoms with E-state index in [0.29, 0.717) is 11.6 Å². The third kappa shape index (κ3) is 2.63. The first kappa shape index (κ1) is 12.6. The van der Waals surface area contributed by atoms with E-state index in [2.05, 4.69) is 16.3 Å². The van der Waals surface area contributed by atoms with Gasteiger partial charge in [-0.05, 0) is 43.0 Å². The molecule has 3 rings (SSSR count). The summed E-state index contributed by atoms with van der Waals surface area (Å²) in [5.41, 5.74) is 1.39. The number of piperidine rings is 1. The second-order valence-electron chi connectivity index (χ2n) is 5.57. The van der Waals surface area contributed by atoms with Gasteiger partial charge in [0.2, 0.25) is 0 Å². The Bertz CT molecular complexity index is 495. The number of rotatable bonds is 2. The molecule has 100 valence electrons. The molecule has 1 aromatic carbocycles. The highest BCUT2D eigenvalue weighted by molar-refractivity contribution is 5.37. The van der Waals surface area contributed by atoms with Crippen LogP contribution < -0.4 is 5.32 Å². The van der Waals surface area contributed by atoms with Gasteiger partial charge >= 0.3 is 0 Å². The van der Waals surface area contributed by atoms with E-state index in [1.807, 2.05) is 0 Å². The lowest BCUT2D eigenvalue weighted by Gasteiger charge is -2.24. The van der Waals surface area contributed by atoms with E-state index in [0.717, 1.165) is 37.7 Å². The van der Waals surface area contributed by atoms with Crippen molar-refractivity contribution in [1.29, 1.82) is 5.26 Å². The Hall–Kier alpha value is -1.44. The maximum Gasteiger partial charge on any atom is 0.124 e. The highest BCUT2D eigenvalue weighted by Crippen LogP contribution is 2.26. The van der Waals surface area contributed by atoms with Gasteiger partial charge in [0.1, 0.15) is 5.82 Å². The van der Waals surface area contributed by atoms with Gasteiger partial charge < -0.3 is 5.32 Å². The van der Waals surface area contributed by atoms with Crippen LogP contribution in [-0.4, -0.2) is 30.6 Å². The summed E-state index contributed by atoms with van der Waals surface area (Å²) in [5, 5.41) is 12.6. The Labute approximate surface area is 113 Å². The summed E-state index contributed by atoms with van der Waals surface area (Å²) in [4.78, 5) is 2.38. The highest BCUT2D eigenvalue weighted by Gasteiger charge is 2.34. The quantitative estimate of drug-likeness (QED) is 0.881. The van der Waals surface area contributed by atoms with Crippen molar-refractivity contribution in [2.24, 2.45) is 5.92 Å². The maximum absolute atomic E-state index is 13.1. The number of fused-ring (bicyclic) bond motifs is 1. The Morgan fingerprint density at radius 3 is 3.11 bits per heavy atom. The summed E-state index contributed by atoms with van der Waals surface area (Å²) in [6.07, 6.45) is 2.55. The van der Waals surface area contributed by atoms with Gasteiger partial charge in [-0.15, -0.1) is 0 Å². The van der Waals surface area contributed by atoms with Crippen LogP contribution in [0.1, 0.15) is 24.0 Å². The lowest BCUT2D eigenvalue weighted by atomic mass is 9.94. The Balaban J connectivity index is 1.71. The van der Waals surface area contributed by atoms with Crippen molar-refractivity contribution >= 4 is 0 Å². The van der Waals surface area contributed by atoms with Gasteiger partial charge in [0.15, 0.2) is 0 Å². The Morgan fingerprint density at radius 1 is 1.42 bits per heavy atom. The molecule has 1 N–H and O–H groups in total. The first-order valence-electron chi connectivity index (χ1n) is 6.90. The van der Waals surface area contributed by atoms with Gasteiger partial charge in [0.05, 0.1) is 11.6 Å². The van der Waals surface area contributed by atoms with Gasteiger partial charge in [-0.25, -0.2) is 4.39 Å². The summed E-state index contributed by atoms with van der Waals surface area (Å²) in [6, 6.07) is 7.20. The van der Waals surface area contributed by atoms with Crippen LogP contribution in [0.4, 0.5) is 4.39 Å². The average Bonchev–Trinajstić information content (AvgIpc) is 2.83. The molecule has 0 bridgehead atoms. The van der Waals surface area contributed by atoms with Crippen LogP contribution in [0.3, 0.4) is 0 Å². The zero-order valence-corrected chi connectivity index (χ0v) is 10.9. The molecule has 1 aromatic rings. The van der Waals surface area contributed by atoms with Gasteiger partial charge in [-0.2, -0.15) is 5.26 Å². The van der Waals surface area contributed by atoms with E-state index in [1.54, 1.807) is 6.07 Å². The largest absolute Gasteiger partial charge is 0.312 e. The number of nitrogens with zero attached hydrogens (tertiary/aromatic N) is 2. The summed E-state index contributed by atoms with van der Waals surface area (Å²) in [5.74, 6) is 0.400. The minimum absolute atomic E-state index is 0.336. The molecule has 2 aliphatic rings. The molecular formula is C15H18FN3. The van der Waals surface area contributed by atoms with Crippen LogP contribution in [0.2, 0.25) is 0 Å². The van der Waals surface area contributed by atoms with Gasteiger partial charge in [0.25, 0.3) is 0 Å².